The minimum Gasteiger partial charge on any atom is -0.451 e. The molecule has 1 amide bonds. The number of furan rings is 1. The molecule has 174 valence electrons. The topological polar surface area (TPSA) is 70.8 Å². The van der Waals surface area contributed by atoms with Crippen LogP contribution in [0.2, 0.25) is 0 Å². The average Bonchev–Trinajstić information content (AvgIpc) is 3.29. The van der Waals surface area contributed by atoms with Crippen molar-refractivity contribution in [2.45, 2.75) is 18.0 Å². The second-order valence-corrected chi connectivity index (χ2v) is 9.69. The molecule has 6 nitrogen and oxygen atoms in total. The first-order chi connectivity index (χ1) is 15.6. The number of aryl methyl sites for hydroxylation is 1. The summed E-state index contributed by atoms with van der Waals surface area (Å²) < 4.78 is 71.4. The maximum absolute atomic E-state index is 13.0. The molecule has 2 heterocycles. The molecule has 0 atom stereocenters. The molecule has 0 radical (unpaired) electrons. The van der Waals surface area contributed by atoms with Crippen LogP contribution in [0.3, 0.4) is 0 Å². The number of rotatable bonds is 4. The SMILES string of the molecule is Cc1ccc(S(=O)(=O)N2CCN(C(=O)c3ccc(-c4cccc(C(F)(F)F)c4)o3)CC2)cc1. The van der Waals surface area contributed by atoms with E-state index in [2.05, 4.69) is 0 Å². The van der Waals surface area contributed by atoms with Crippen LogP contribution in [-0.2, 0) is 16.2 Å². The highest BCUT2D eigenvalue weighted by Crippen LogP contribution is 2.33. The highest BCUT2D eigenvalue weighted by Gasteiger charge is 2.32. The number of piperazine rings is 1. The normalized spacial score (nSPS) is 15.6. The smallest absolute Gasteiger partial charge is 0.416 e. The Hall–Kier alpha value is -3.11. The third kappa shape index (κ3) is 4.81. The van der Waals surface area contributed by atoms with E-state index in [1.165, 1.54) is 33.5 Å². The van der Waals surface area contributed by atoms with Crippen molar-refractivity contribution < 1.29 is 30.8 Å². The average molecular weight is 478 g/mol. The van der Waals surface area contributed by atoms with Crippen LogP contribution < -0.4 is 0 Å². The number of hydrogen-bond acceptors (Lipinski definition) is 4. The van der Waals surface area contributed by atoms with Gasteiger partial charge in [0.05, 0.1) is 10.5 Å². The summed E-state index contributed by atoms with van der Waals surface area (Å²) in [6.45, 7) is 2.47. The standard InChI is InChI=1S/C23H21F3N2O4S/c1-16-5-7-19(8-6-16)33(30,31)28-13-11-27(12-14-28)22(29)21-10-9-20(32-21)17-3-2-4-18(15-17)23(24,25)26/h2-10,15H,11-14H2,1H3. The first kappa shape index (κ1) is 23.1. The molecule has 0 spiro atoms. The van der Waals surface area contributed by atoms with Crippen molar-refractivity contribution in [2.75, 3.05) is 26.2 Å². The number of carbonyl (C=O) groups excluding carboxylic acids is 1. The fraction of sp³-hybridized carbons (Fsp3) is 0.261. The molecule has 1 fully saturated rings. The summed E-state index contributed by atoms with van der Waals surface area (Å²) in [5.41, 5.74) is 0.348. The monoisotopic (exact) mass is 478 g/mol. The molecule has 0 N–H and O–H groups in total. The number of alkyl halides is 3. The maximum atomic E-state index is 13.0. The molecule has 1 saturated heterocycles. The van der Waals surface area contributed by atoms with Crippen molar-refractivity contribution in [3.05, 3.63) is 77.6 Å². The van der Waals surface area contributed by atoms with Gasteiger partial charge in [0.15, 0.2) is 5.76 Å². The molecule has 2 aromatic carbocycles. The highest BCUT2D eigenvalue weighted by atomic mass is 32.2. The highest BCUT2D eigenvalue weighted by molar-refractivity contribution is 7.89. The first-order valence-corrected chi connectivity index (χ1v) is 11.6. The van der Waals surface area contributed by atoms with Gasteiger partial charge in [0.25, 0.3) is 5.91 Å². The first-order valence-electron chi connectivity index (χ1n) is 10.2. The summed E-state index contributed by atoms with van der Waals surface area (Å²) in [6.07, 6.45) is -4.49. The predicted molar refractivity (Wildman–Crippen MR) is 115 cm³/mol. The van der Waals surface area contributed by atoms with E-state index in [4.69, 9.17) is 4.42 Å². The van der Waals surface area contributed by atoms with Gasteiger partial charge in [-0.25, -0.2) is 8.42 Å². The van der Waals surface area contributed by atoms with Crippen LogP contribution in [0.4, 0.5) is 13.2 Å². The van der Waals surface area contributed by atoms with E-state index in [0.29, 0.717) is 0 Å². The molecule has 0 aliphatic carbocycles. The summed E-state index contributed by atoms with van der Waals surface area (Å²) in [4.78, 5) is 14.5. The summed E-state index contributed by atoms with van der Waals surface area (Å²) in [5, 5.41) is 0. The molecule has 0 unspecified atom stereocenters. The molecule has 10 heteroatoms. The molecule has 1 aliphatic rings. The zero-order chi connectivity index (χ0) is 23.8. The molecule has 0 saturated carbocycles. The predicted octanol–water partition coefficient (Wildman–Crippen LogP) is 4.42. The van der Waals surface area contributed by atoms with Crippen LogP contribution >= 0.6 is 0 Å². The Morgan fingerprint density at radius 1 is 0.939 bits per heavy atom. The van der Waals surface area contributed by atoms with E-state index in [9.17, 15) is 26.4 Å². The number of halogens is 3. The van der Waals surface area contributed by atoms with Gasteiger partial charge in [0.1, 0.15) is 5.76 Å². The lowest BCUT2D eigenvalue weighted by Crippen LogP contribution is -2.50. The van der Waals surface area contributed by atoms with Crippen molar-refractivity contribution in [2.24, 2.45) is 0 Å². The van der Waals surface area contributed by atoms with Gasteiger partial charge in [-0.1, -0.05) is 29.8 Å². The summed E-state index contributed by atoms with van der Waals surface area (Å²) in [7, 11) is -3.66. The quantitative estimate of drug-likeness (QED) is 0.557. The lowest BCUT2D eigenvalue weighted by atomic mass is 10.1. The number of hydrogen-bond donors (Lipinski definition) is 0. The van der Waals surface area contributed by atoms with E-state index in [1.807, 2.05) is 6.92 Å². The number of carbonyl (C=O) groups is 1. The Bertz CT molecular complexity index is 1260. The summed E-state index contributed by atoms with van der Waals surface area (Å²) >= 11 is 0. The molecule has 1 aromatic heterocycles. The Morgan fingerprint density at radius 3 is 2.24 bits per heavy atom. The van der Waals surface area contributed by atoms with Crippen molar-refractivity contribution in [3.63, 3.8) is 0 Å². The van der Waals surface area contributed by atoms with Gasteiger partial charge < -0.3 is 9.32 Å². The lowest BCUT2D eigenvalue weighted by Gasteiger charge is -2.33. The number of nitrogens with zero attached hydrogens (tertiary/aromatic N) is 2. The van der Waals surface area contributed by atoms with Gasteiger partial charge >= 0.3 is 6.18 Å². The van der Waals surface area contributed by atoms with Crippen LogP contribution in [0, 0.1) is 6.92 Å². The van der Waals surface area contributed by atoms with Crippen LogP contribution in [-0.4, -0.2) is 49.7 Å². The summed E-state index contributed by atoms with van der Waals surface area (Å²) in [5.74, 6) is -0.317. The Kier molecular flexibility index (Phi) is 6.06. The van der Waals surface area contributed by atoms with Gasteiger partial charge in [-0.15, -0.1) is 0 Å². The molecular weight excluding hydrogens is 457 g/mol. The minimum atomic E-state index is -4.49. The largest absolute Gasteiger partial charge is 0.451 e. The molecule has 3 aromatic rings. The van der Waals surface area contributed by atoms with Gasteiger partial charge in [-0.2, -0.15) is 17.5 Å². The van der Waals surface area contributed by atoms with Gasteiger partial charge in [0.2, 0.25) is 10.0 Å². The van der Waals surface area contributed by atoms with E-state index < -0.39 is 27.7 Å². The van der Waals surface area contributed by atoms with Gasteiger partial charge in [-0.05, 0) is 43.3 Å². The lowest BCUT2D eigenvalue weighted by molar-refractivity contribution is -0.137. The van der Waals surface area contributed by atoms with Crippen molar-refractivity contribution in [1.82, 2.24) is 9.21 Å². The van der Waals surface area contributed by atoms with E-state index in [-0.39, 0.29) is 48.2 Å². The third-order valence-corrected chi connectivity index (χ3v) is 7.39. The van der Waals surface area contributed by atoms with E-state index in [1.54, 1.807) is 24.3 Å². The molecule has 4 rings (SSSR count). The van der Waals surface area contributed by atoms with Crippen molar-refractivity contribution in [3.8, 4) is 11.3 Å². The second kappa shape index (κ2) is 8.68. The Labute approximate surface area is 189 Å². The Morgan fingerprint density at radius 2 is 1.61 bits per heavy atom. The second-order valence-electron chi connectivity index (χ2n) is 7.75. The zero-order valence-corrected chi connectivity index (χ0v) is 18.5. The minimum absolute atomic E-state index is 0.0164. The zero-order valence-electron chi connectivity index (χ0n) is 17.7. The molecule has 33 heavy (non-hydrogen) atoms. The number of benzene rings is 2. The van der Waals surface area contributed by atoms with Gasteiger partial charge in [-0.3, -0.25) is 4.79 Å². The van der Waals surface area contributed by atoms with E-state index >= 15 is 0 Å². The molecule has 1 aliphatic heterocycles. The number of sulfonamides is 1. The third-order valence-electron chi connectivity index (χ3n) is 5.48. The fourth-order valence-electron chi connectivity index (χ4n) is 3.60. The summed E-state index contributed by atoms with van der Waals surface area (Å²) in [6, 6.07) is 14.1. The fourth-order valence-corrected chi connectivity index (χ4v) is 5.03. The maximum Gasteiger partial charge on any atom is 0.416 e. The van der Waals surface area contributed by atoms with Crippen molar-refractivity contribution in [1.29, 1.82) is 0 Å². The van der Waals surface area contributed by atoms with Crippen LogP contribution in [0.5, 0.6) is 0 Å². The molecular formula is C23H21F3N2O4S. The van der Waals surface area contributed by atoms with Gasteiger partial charge in [0, 0.05) is 31.7 Å². The molecule has 0 bridgehead atoms. The van der Waals surface area contributed by atoms with Crippen LogP contribution in [0.1, 0.15) is 21.7 Å². The van der Waals surface area contributed by atoms with Crippen LogP contribution in [0.25, 0.3) is 11.3 Å². The Balaban J connectivity index is 1.44. The number of amides is 1. The van der Waals surface area contributed by atoms with E-state index in [0.717, 1.165) is 17.7 Å². The van der Waals surface area contributed by atoms with Crippen LogP contribution in [0.15, 0.2) is 70.0 Å². The van der Waals surface area contributed by atoms with Crippen molar-refractivity contribution >= 4 is 15.9 Å².